The van der Waals surface area contributed by atoms with Crippen LogP contribution in [0.4, 0.5) is 0 Å². The van der Waals surface area contributed by atoms with Gasteiger partial charge in [0.05, 0.1) is 6.54 Å². The molecule has 1 aliphatic rings. The van der Waals surface area contributed by atoms with Crippen LogP contribution in [0.25, 0.3) is 0 Å². The van der Waals surface area contributed by atoms with E-state index in [4.69, 9.17) is 5.11 Å². The molecular formula is C12H23N3O3. The topological polar surface area (TPSA) is 81.7 Å². The SMILES string of the molecule is CC(CNC(=O)CN1CCCNCC1)CC(=O)O. The molecule has 1 atom stereocenters. The highest BCUT2D eigenvalue weighted by molar-refractivity contribution is 5.78. The summed E-state index contributed by atoms with van der Waals surface area (Å²) in [5.74, 6) is -0.873. The summed E-state index contributed by atoms with van der Waals surface area (Å²) >= 11 is 0. The Balaban J connectivity index is 2.17. The number of rotatable bonds is 6. The van der Waals surface area contributed by atoms with Gasteiger partial charge in [-0.15, -0.1) is 0 Å². The summed E-state index contributed by atoms with van der Waals surface area (Å²) in [6, 6.07) is 0. The zero-order valence-electron chi connectivity index (χ0n) is 10.9. The number of nitrogens with zero attached hydrogens (tertiary/aromatic N) is 1. The van der Waals surface area contributed by atoms with Crippen molar-refractivity contribution in [1.82, 2.24) is 15.5 Å². The number of hydrogen-bond donors (Lipinski definition) is 3. The first-order valence-corrected chi connectivity index (χ1v) is 6.49. The molecule has 6 nitrogen and oxygen atoms in total. The summed E-state index contributed by atoms with van der Waals surface area (Å²) in [5, 5.41) is 14.7. The van der Waals surface area contributed by atoms with E-state index in [1.807, 2.05) is 6.92 Å². The van der Waals surface area contributed by atoms with Crippen LogP contribution < -0.4 is 10.6 Å². The second-order valence-corrected chi connectivity index (χ2v) is 4.89. The Bertz CT molecular complexity index is 276. The largest absolute Gasteiger partial charge is 0.481 e. The molecule has 6 heteroatoms. The van der Waals surface area contributed by atoms with E-state index in [1.54, 1.807) is 0 Å². The molecule has 3 N–H and O–H groups in total. The highest BCUT2D eigenvalue weighted by Crippen LogP contribution is 1.99. The molecule has 18 heavy (non-hydrogen) atoms. The van der Waals surface area contributed by atoms with Gasteiger partial charge in [-0.05, 0) is 25.4 Å². The Morgan fingerprint density at radius 2 is 2.17 bits per heavy atom. The first kappa shape index (κ1) is 14.9. The Morgan fingerprint density at radius 3 is 2.89 bits per heavy atom. The molecule has 1 saturated heterocycles. The Hall–Kier alpha value is -1.14. The van der Waals surface area contributed by atoms with Crippen molar-refractivity contribution in [2.45, 2.75) is 19.8 Å². The number of hydrogen-bond acceptors (Lipinski definition) is 4. The number of carbonyl (C=O) groups excluding carboxylic acids is 1. The predicted molar refractivity (Wildman–Crippen MR) is 68.4 cm³/mol. The van der Waals surface area contributed by atoms with Crippen LogP contribution in [0.15, 0.2) is 0 Å². The van der Waals surface area contributed by atoms with E-state index in [-0.39, 0.29) is 18.2 Å². The molecule has 0 aromatic rings. The van der Waals surface area contributed by atoms with Crippen LogP contribution in [0.5, 0.6) is 0 Å². The number of amides is 1. The lowest BCUT2D eigenvalue weighted by Gasteiger charge is -2.19. The van der Waals surface area contributed by atoms with Crippen LogP contribution in [0.1, 0.15) is 19.8 Å². The highest BCUT2D eigenvalue weighted by Gasteiger charge is 2.14. The minimum absolute atomic E-state index is 0.0193. The van der Waals surface area contributed by atoms with Gasteiger partial charge in [0, 0.05) is 26.1 Å². The minimum atomic E-state index is -0.824. The molecule has 0 radical (unpaired) electrons. The molecule has 1 rings (SSSR count). The fraction of sp³-hybridized carbons (Fsp3) is 0.833. The predicted octanol–water partition coefficient (Wildman–Crippen LogP) is -0.491. The van der Waals surface area contributed by atoms with E-state index in [2.05, 4.69) is 15.5 Å². The van der Waals surface area contributed by atoms with E-state index in [9.17, 15) is 9.59 Å². The van der Waals surface area contributed by atoms with Crippen LogP contribution in [-0.4, -0.2) is 61.2 Å². The van der Waals surface area contributed by atoms with Gasteiger partial charge in [-0.1, -0.05) is 6.92 Å². The molecule has 104 valence electrons. The Kier molecular flexibility index (Phi) is 6.67. The maximum absolute atomic E-state index is 11.7. The molecule has 1 fully saturated rings. The van der Waals surface area contributed by atoms with Crippen molar-refractivity contribution in [3.63, 3.8) is 0 Å². The number of carboxylic acid groups (broad SMARTS) is 1. The number of carboxylic acids is 1. The Morgan fingerprint density at radius 1 is 1.39 bits per heavy atom. The highest BCUT2D eigenvalue weighted by atomic mass is 16.4. The van der Waals surface area contributed by atoms with Gasteiger partial charge < -0.3 is 15.7 Å². The maximum Gasteiger partial charge on any atom is 0.303 e. The Labute approximate surface area is 108 Å². The molecule has 0 aromatic heterocycles. The van der Waals surface area contributed by atoms with Crippen LogP contribution >= 0.6 is 0 Å². The van der Waals surface area contributed by atoms with Crippen molar-refractivity contribution in [3.05, 3.63) is 0 Å². The van der Waals surface area contributed by atoms with Crippen molar-refractivity contribution in [2.75, 3.05) is 39.3 Å². The average molecular weight is 257 g/mol. The summed E-state index contributed by atoms with van der Waals surface area (Å²) < 4.78 is 0. The molecule has 1 unspecified atom stereocenters. The smallest absolute Gasteiger partial charge is 0.303 e. The number of nitrogens with one attached hydrogen (secondary N) is 2. The van der Waals surface area contributed by atoms with E-state index in [0.29, 0.717) is 13.1 Å². The summed E-state index contributed by atoms with van der Waals surface area (Å²) in [7, 11) is 0. The molecule has 1 amide bonds. The van der Waals surface area contributed by atoms with Crippen LogP contribution in [0.2, 0.25) is 0 Å². The van der Waals surface area contributed by atoms with Gasteiger partial charge in [-0.2, -0.15) is 0 Å². The average Bonchev–Trinajstić information content (AvgIpc) is 2.54. The fourth-order valence-electron chi connectivity index (χ4n) is 1.98. The van der Waals surface area contributed by atoms with Gasteiger partial charge >= 0.3 is 5.97 Å². The van der Waals surface area contributed by atoms with Gasteiger partial charge in [0.1, 0.15) is 0 Å². The third kappa shape index (κ3) is 6.56. The molecule has 0 aliphatic carbocycles. The third-order valence-corrected chi connectivity index (χ3v) is 2.97. The van der Waals surface area contributed by atoms with Gasteiger partial charge in [0.2, 0.25) is 5.91 Å². The number of carbonyl (C=O) groups is 2. The standard InChI is InChI=1S/C12H23N3O3/c1-10(7-12(17)18)8-14-11(16)9-15-5-2-3-13-4-6-15/h10,13H,2-9H2,1H3,(H,14,16)(H,17,18). The third-order valence-electron chi connectivity index (χ3n) is 2.97. The van der Waals surface area contributed by atoms with Gasteiger partial charge in [-0.3, -0.25) is 14.5 Å². The van der Waals surface area contributed by atoms with E-state index in [0.717, 1.165) is 32.6 Å². The van der Waals surface area contributed by atoms with Crippen molar-refractivity contribution < 1.29 is 14.7 Å². The van der Waals surface area contributed by atoms with Crippen LogP contribution in [-0.2, 0) is 9.59 Å². The lowest BCUT2D eigenvalue weighted by atomic mass is 10.1. The van der Waals surface area contributed by atoms with E-state index < -0.39 is 5.97 Å². The fourth-order valence-corrected chi connectivity index (χ4v) is 1.98. The second-order valence-electron chi connectivity index (χ2n) is 4.89. The van der Waals surface area contributed by atoms with Crippen molar-refractivity contribution >= 4 is 11.9 Å². The zero-order valence-corrected chi connectivity index (χ0v) is 10.9. The summed E-state index contributed by atoms with van der Waals surface area (Å²) in [6.45, 7) is 6.41. The molecule has 0 aromatic carbocycles. The summed E-state index contributed by atoms with van der Waals surface area (Å²) in [5.41, 5.74) is 0. The molecule has 1 heterocycles. The van der Waals surface area contributed by atoms with Crippen LogP contribution in [0.3, 0.4) is 0 Å². The van der Waals surface area contributed by atoms with E-state index >= 15 is 0 Å². The van der Waals surface area contributed by atoms with Crippen LogP contribution in [0, 0.1) is 5.92 Å². The monoisotopic (exact) mass is 257 g/mol. The lowest BCUT2D eigenvalue weighted by Crippen LogP contribution is -2.40. The first-order chi connectivity index (χ1) is 8.58. The molecule has 0 saturated carbocycles. The normalized spacial score (nSPS) is 18.9. The minimum Gasteiger partial charge on any atom is -0.481 e. The van der Waals surface area contributed by atoms with E-state index in [1.165, 1.54) is 0 Å². The van der Waals surface area contributed by atoms with Crippen molar-refractivity contribution in [1.29, 1.82) is 0 Å². The molecule has 1 aliphatic heterocycles. The van der Waals surface area contributed by atoms with Gasteiger partial charge in [0.25, 0.3) is 0 Å². The zero-order chi connectivity index (χ0) is 13.4. The summed E-state index contributed by atoms with van der Waals surface area (Å²) in [6.07, 6.45) is 1.15. The quantitative estimate of drug-likeness (QED) is 0.598. The first-order valence-electron chi connectivity index (χ1n) is 6.49. The molecular weight excluding hydrogens is 234 g/mol. The summed E-state index contributed by atoms with van der Waals surface area (Å²) in [4.78, 5) is 24.3. The molecule has 0 spiro atoms. The second kappa shape index (κ2) is 8.05. The lowest BCUT2D eigenvalue weighted by molar-refractivity contribution is -0.138. The molecule has 0 bridgehead atoms. The maximum atomic E-state index is 11.7. The van der Waals surface area contributed by atoms with Gasteiger partial charge in [-0.25, -0.2) is 0 Å². The van der Waals surface area contributed by atoms with Crippen molar-refractivity contribution in [3.8, 4) is 0 Å². The van der Waals surface area contributed by atoms with Gasteiger partial charge in [0.15, 0.2) is 0 Å². The van der Waals surface area contributed by atoms with Crippen molar-refractivity contribution in [2.24, 2.45) is 5.92 Å². The number of aliphatic carboxylic acids is 1.